The van der Waals surface area contributed by atoms with Gasteiger partial charge < -0.3 is 14.7 Å². The fourth-order valence-electron chi connectivity index (χ4n) is 4.56. The number of halogens is 3. The van der Waals surface area contributed by atoms with Crippen LogP contribution in [0.5, 0.6) is 0 Å². The minimum absolute atomic E-state index is 0.0878. The summed E-state index contributed by atoms with van der Waals surface area (Å²) in [4.78, 5) is 15.1. The van der Waals surface area contributed by atoms with Gasteiger partial charge in [0.25, 0.3) is 0 Å². The maximum absolute atomic E-state index is 13.4. The van der Waals surface area contributed by atoms with Crippen molar-refractivity contribution in [3.05, 3.63) is 41.7 Å². The van der Waals surface area contributed by atoms with E-state index in [1.807, 2.05) is 19.0 Å². The van der Waals surface area contributed by atoms with Gasteiger partial charge >= 0.3 is 6.18 Å². The average Bonchev–Trinajstić information content (AvgIpc) is 3.15. The second kappa shape index (κ2) is 7.67. The highest BCUT2D eigenvalue weighted by Gasteiger charge is 2.41. The third-order valence-corrected chi connectivity index (χ3v) is 6.01. The van der Waals surface area contributed by atoms with Gasteiger partial charge in [-0.1, -0.05) is 0 Å². The number of piperidine rings is 1. The fourth-order valence-corrected chi connectivity index (χ4v) is 4.56. The first kappa shape index (κ1) is 20.3. The van der Waals surface area contributed by atoms with Crippen molar-refractivity contribution in [2.45, 2.75) is 25.1 Å². The number of rotatable bonds is 3. The number of nitriles is 1. The second-order valence-corrected chi connectivity index (χ2v) is 7.98. The summed E-state index contributed by atoms with van der Waals surface area (Å²) < 4.78 is 40.3. The first-order chi connectivity index (χ1) is 14.3. The van der Waals surface area contributed by atoms with Crippen molar-refractivity contribution in [1.82, 2.24) is 9.97 Å². The van der Waals surface area contributed by atoms with E-state index in [1.165, 1.54) is 6.07 Å². The van der Waals surface area contributed by atoms with Gasteiger partial charge in [0, 0.05) is 57.9 Å². The molecule has 2 aliphatic rings. The van der Waals surface area contributed by atoms with Crippen LogP contribution in [-0.4, -0.2) is 49.7 Å². The summed E-state index contributed by atoms with van der Waals surface area (Å²) in [6, 6.07) is 5.77. The predicted molar refractivity (Wildman–Crippen MR) is 109 cm³/mol. The van der Waals surface area contributed by atoms with Crippen LogP contribution in [0.15, 0.2) is 30.6 Å². The molecule has 0 radical (unpaired) electrons. The number of hydrogen-bond donors (Lipinski definition) is 0. The molecule has 2 aromatic rings. The Bertz CT molecular complexity index is 968. The summed E-state index contributed by atoms with van der Waals surface area (Å²) in [5.41, 5.74) is -0.701. The first-order valence-electron chi connectivity index (χ1n) is 9.91. The lowest BCUT2D eigenvalue weighted by atomic mass is 9.92. The Labute approximate surface area is 173 Å². The molecule has 2 unspecified atom stereocenters. The van der Waals surface area contributed by atoms with Crippen molar-refractivity contribution < 1.29 is 13.2 Å². The van der Waals surface area contributed by atoms with E-state index in [9.17, 15) is 13.2 Å². The smallest absolute Gasteiger partial charge is 0.366 e. The van der Waals surface area contributed by atoms with Gasteiger partial charge in [-0.3, -0.25) is 0 Å². The van der Waals surface area contributed by atoms with Crippen LogP contribution in [0.2, 0.25) is 0 Å². The largest absolute Gasteiger partial charge is 0.417 e. The molecule has 3 heterocycles. The normalized spacial score (nSPS) is 21.3. The topological polar surface area (TPSA) is 59.3 Å². The minimum Gasteiger partial charge on any atom is -0.366 e. The zero-order chi connectivity index (χ0) is 21.5. The van der Waals surface area contributed by atoms with Crippen molar-refractivity contribution >= 4 is 17.3 Å². The van der Waals surface area contributed by atoms with Gasteiger partial charge in [-0.25, -0.2) is 9.97 Å². The van der Waals surface area contributed by atoms with Crippen molar-refractivity contribution in [2.24, 2.45) is 5.92 Å². The number of alkyl halides is 3. The molecule has 0 saturated carbocycles. The number of aromatic nitrogens is 2. The van der Waals surface area contributed by atoms with Crippen LogP contribution >= 0.6 is 0 Å². The molecule has 2 fully saturated rings. The van der Waals surface area contributed by atoms with E-state index in [0.717, 1.165) is 37.1 Å². The summed E-state index contributed by atoms with van der Waals surface area (Å²) in [5.74, 6) is 1.99. The molecular weight excluding hydrogens is 393 g/mol. The Kier molecular flexibility index (Phi) is 5.18. The van der Waals surface area contributed by atoms with Gasteiger partial charge in [-0.2, -0.15) is 18.4 Å². The van der Waals surface area contributed by atoms with Gasteiger partial charge in [-0.15, -0.1) is 0 Å². The molecule has 9 heteroatoms. The summed E-state index contributed by atoms with van der Waals surface area (Å²) in [6.45, 7) is 2.22. The molecule has 1 aromatic heterocycles. The highest BCUT2D eigenvalue weighted by atomic mass is 19.4. The van der Waals surface area contributed by atoms with Crippen LogP contribution < -0.4 is 14.7 Å². The molecule has 0 amide bonds. The van der Waals surface area contributed by atoms with Crippen molar-refractivity contribution in [1.29, 1.82) is 5.26 Å². The number of anilines is 3. The van der Waals surface area contributed by atoms with Gasteiger partial charge in [0.15, 0.2) is 11.6 Å². The molecule has 2 saturated heterocycles. The Balaban J connectivity index is 1.64. The van der Waals surface area contributed by atoms with E-state index in [0.29, 0.717) is 24.7 Å². The zero-order valence-electron chi connectivity index (χ0n) is 16.9. The van der Waals surface area contributed by atoms with E-state index < -0.39 is 11.7 Å². The maximum Gasteiger partial charge on any atom is 0.417 e. The fraction of sp³-hybridized carbons (Fsp3) is 0.476. The lowest BCUT2D eigenvalue weighted by Gasteiger charge is -2.40. The third-order valence-electron chi connectivity index (χ3n) is 6.01. The van der Waals surface area contributed by atoms with E-state index in [-0.39, 0.29) is 11.6 Å². The SMILES string of the molecule is CN(C)c1nccnc1N1CCC2CCN(c3ccc(C#N)c(C(F)(F)F)c3)C2C1. The monoisotopic (exact) mass is 416 g/mol. The highest BCUT2D eigenvalue weighted by Crippen LogP contribution is 2.40. The minimum atomic E-state index is -4.56. The molecule has 0 aliphatic carbocycles. The van der Waals surface area contributed by atoms with E-state index >= 15 is 0 Å². The van der Waals surface area contributed by atoms with Crippen LogP contribution in [-0.2, 0) is 6.18 Å². The summed E-state index contributed by atoms with van der Waals surface area (Å²) >= 11 is 0. The third kappa shape index (κ3) is 3.62. The molecule has 6 nitrogen and oxygen atoms in total. The Morgan fingerprint density at radius 3 is 2.57 bits per heavy atom. The lowest BCUT2D eigenvalue weighted by molar-refractivity contribution is -0.137. The highest BCUT2D eigenvalue weighted by molar-refractivity contribution is 5.63. The van der Waals surface area contributed by atoms with Crippen LogP contribution in [0.3, 0.4) is 0 Å². The van der Waals surface area contributed by atoms with Crippen LogP contribution in [0, 0.1) is 17.2 Å². The van der Waals surface area contributed by atoms with Crippen molar-refractivity contribution in [2.75, 3.05) is 48.4 Å². The van der Waals surface area contributed by atoms with Crippen LogP contribution in [0.25, 0.3) is 0 Å². The number of benzene rings is 1. The van der Waals surface area contributed by atoms with Crippen molar-refractivity contribution in [3.63, 3.8) is 0 Å². The molecular formula is C21H23F3N6. The van der Waals surface area contributed by atoms with E-state index in [1.54, 1.807) is 24.5 Å². The Hall–Kier alpha value is -3.02. The summed E-state index contributed by atoms with van der Waals surface area (Å²) in [5, 5.41) is 9.07. The van der Waals surface area contributed by atoms with Gasteiger partial charge in [-0.05, 0) is 37.0 Å². The van der Waals surface area contributed by atoms with Crippen molar-refractivity contribution in [3.8, 4) is 6.07 Å². The second-order valence-electron chi connectivity index (χ2n) is 7.98. The molecule has 0 bridgehead atoms. The molecule has 158 valence electrons. The number of hydrogen-bond acceptors (Lipinski definition) is 6. The molecule has 30 heavy (non-hydrogen) atoms. The summed E-state index contributed by atoms with van der Waals surface area (Å²) in [6.07, 6.45) is 0.660. The Morgan fingerprint density at radius 2 is 1.87 bits per heavy atom. The molecule has 2 atom stereocenters. The zero-order valence-corrected chi connectivity index (χ0v) is 16.9. The maximum atomic E-state index is 13.4. The van der Waals surface area contributed by atoms with E-state index in [4.69, 9.17) is 5.26 Å². The van der Waals surface area contributed by atoms with Gasteiger partial charge in [0.1, 0.15) is 0 Å². The Morgan fingerprint density at radius 1 is 1.13 bits per heavy atom. The molecule has 2 aliphatic heterocycles. The molecule has 4 rings (SSSR count). The predicted octanol–water partition coefficient (Wildman–Crippen LogP) is 3.54. The number of nitrogens with zero attached hydrogens (tertiary/aromatic N) is 6. The van der Waals surface area contributed by atoms with E-state index in [2.05, 4.69) is 19.8 Å². The first-order valence-corrected chi connectivity index (χ1v) is 9.91. The number of fused-ring (bicyclic) bond motifs is 1. The molecule has 1 aromatic carbocycles. The summed E-state index contributed by atoms with van der Waals surface area (Å²) in [7, 11) is 3.83. The van der Waals surface area contributed by atoms with Gasteiger partial charge in [0.05, 0.1) is 17.2 Å². The standard InChI is InChI=1S/C21H23F3N6/c1-28(2)19-20(27-8-7-26-19)29-9-5-14-6-10-30(18(14)13-29)16-4-3-15(12-25)17(11-16)21(22,23)24/h3-4,7-8,11,14,18H,5-6,9-10,13H2,1-2H3. The van der Waals surface area contributed by atoms with Gasteiger partial charge in [0.2, 0.25) is 0 Å². The average molecular weight is 416 g/mol. The van der Waals surface area contributed by atoms with Crippen LogP contribution in [0.1, 0.15) is 24.0 Å². The lowest BCUT2D eigenvalue weighted by Crippen LogP contribution is -2.49. The molecule has 0 N–H and O–H groups in total. The van der Waals surface area contributed by atoms with Crippen LogP contribution in [0.4, 0.5) is 30.5 Å². The molecule has 0 spiro atoms. The quantitative estimate of drug-likeness (QED) is 0.763.